The molecule has 4 heteroatoms. The summed E-state index contributed by atoms with van der Waals surface area (Å²) in [6.07, 6.45) is 4.45. The lowest BCUT2D eigenvalue weighted by molar-refractivity contribution is -0.122. The highest BCUT2D eigenvalue weighted by Crippen LogP contribution is 2.31. The second-order valence-corrected chi connectivity index (χ2v) is 6.66. The number of unbranched alkanes of at least 4 members (excludes halogenated alkanes) is 1. The van der Waals surface area contributed by atoms with Gasteiger partial charge in [-0.25, -0.2) is 0 Å². The predicted octanol–water partition coefficient (Wildman–Crippen LogP) is 4.07. The SMILES string of the molecule is COc1cc(CC(CCCCc2ccccc2)C(N)=O)cc(OC)c1C. The van der Waals surface area contributed by atoms with E-state index in [-0.39, 0.29) is 11.8 Å². The van der Waals surface area contributed by atoms with Crippen LogP contribution >= 0.6 is 0 Å². The summed E-state index contributed by atoms with van der Waals surface area (Å²) in [5, 5.41) is 0. The van der Waals surface area contributed by atoms with Gasteiger partial charge in [0.1, 0.15) is 11.5 Å². The smallest absolute Gasteiger partial charge is 0.220 e. The van der Waals surface area contributed by atoms with Gasteiger partial charge in [-0.2, -0.15) is 0 Å². The van der Waals surface area contributed by atoms with Crippen molar-refractivity contribution in [1.29, 1.82) is 0 Å². The average molecular weight is 355 g/mol. The summed E-state index contributed by atoms with van der Waals surface area (Å²) in [5.74, 6) is 1.12. The molecule has 2 aromatic rings. The van der Waals surface area contributed by atoms with Gasteiger partial charge in [0.2, 0.25) is 5.91 Å². The maximum atomic E-state index is 11.9. The fraction of sp³-hybridized carbons (Fsp3) is 0.409. The molecule has 140 valence electrons. The Balaban J connectivity index is 1.96. The Labute approximate surface area is 156 Å². The van der Waals surface area contributed by atoms with Gasteiger partial charge in [0, 0.05) is 11.5 Å². The lowest BCUT2D eigenvalue weighted by Gasteiger charge is -2.16. The van der Waals surface area contributed by atoms with Crippen LogP contribution in [0, 0.1) is 12.8 Å². The number of benzene rings is 2. The second-order valence-electron chi connectivity index (χ2n) is 6.66. The fourth-order valence-electron chi connectivity index (χ4n) is 3.25. The van der Waals surface area contributed by atoms with Crippen molar-refractivity contribution in [2.75, 3.05) is 14.2 Å². The highest BCUT2D eigenvalue weighted by atomic mass is 16.5. The van der Waals surface area contributed by atoms with Crippen LogP contribution in [-0.2, 0) is 17.6 Å². The third-order valence-electron chi connectivity index (χ3n) is 4.81. The van der Waals surface area contributed by atoms with E-state index in [0.717, 1.165) is 48.3 Å². The molecule has 2 aromatic carbocycles. The maximum absolute atomic E-state index is 11.9. The van der Waals surface area contributed by atoms with Gasteiger partial charge >= 0.3 is 0 Å². The molecule has 2 rings (SSSR count). The Hall–Kier alpha value is -2.49. The summed E-state index contributed by atoms with van der Waals surface area (Å²) in [5.41, 5.74) is 8.94. The van der Waals surface area contributed by atoms with Crippen molar-refractivity contribution in [2.45, 2.75) is 39.0 Å². The molecule has 0 radical (unpaired) electrons. The number of methoxy groups -OCH3 is 2. The molecule has 1 atom stereocenters. The number of aryl methyl sites for hydroxylation is 1. The molecule has 0 aromatic heterocycles. The highest BCUT2D eigenvalue weighted by molar-refractivity contribution is 5.77. The molecule has 4 nitrogen and oxygen atoms in total. The molecule has 0 aliphatic heterocycles. The van der Waals surface area contributed by atoms with E-state index in [1.807, 2.05) is 25.1 Å². The zero-order valence-electron chi connectivity index (χ0n) is 16.0. The molecule has 0 bridgehead atoms. The van der Waals surface area contributed by atoms with Crippen molar-refractivity contribution < 1.29 is 14.3 Å². The van der Waals surface area contributed by atoms with E-state index in [9.17, 15) is 4.79 Å². The molecular formula is C22H29NO3. The van der Waals surface area contributed by atoms with Crippen molar-refractivity contribution >= 4 is 5.91 Å². The van der Waals surface area contributed by atoms with Crippen molar-refractivity contribution in [2.24, 2.45) is 11.7 Å². The zero-order valence-corrected chi connectivity index (χ0v) is 16.0. The van der Waals surface area contributed by atoms with Gasteiger partial charge in [0.25, 0.3) is 0 Å². The van der Waals surface area contributed by atoms with Gasteiger partial charge in [-0.1, -0.05) is 36.8 Å². The number of carbonyl (C=O) groups excluding carboxylic acids is 1. The number of primary amides is 1. The van der Waals surface area contributed by atoms with E-state index in [0.29, 0.717) is 6.42 Å². The largest absolute Gasteiger partial charge is 0.496 e. The lowest BCUT2D eigenvalue weighted by atomic mass is 9.92. The first-order chi connectivity index (χ1) is 12.5. The third kappa shape index (κ3) is 5.51. The van der Waals surface area contributed by atoms with Crippen molar-refractivity contribution in [3.8, 4) is 11.5 Å². The second kappa shape index (κ2) is 9.85. The molecule has 1 unspecified atom stereocenters. The van der Waals surface area contributed by atoms with Gasteiger partial charge in [-0.15, -0.1) is 0 Å². The van der Waals surface area contributed by atoms with Gasteiger partial charge < -0.3 is 15.2 Å². The molecule has 0 aliphatic rings. The number of rotatable bonds is 10. The molecule has 0 aliphatic carbocycles. The van der Waals surface area contributed by atoms with Crippen LogP contribution in [0.4, 0.5) is 0 Å². The Morgan fingerprint density at radius 3 is 2.15 bits per heavy atom. The van der Waals surface area contributed by atoms with Crippen LogP contribution in [0.25, 0.3) is 0 Å². The Kier molecular flexibility index (Phi) is 7.52. The topological polar surface area (TPSA) is 61.5 Å². The Bertz CT molecular complexity index is 688. The summed E-state index contributed by atoms with van der Waals surface area (Å²) in [6, 6.07) is 14.3. The molecule has 1 amide bonds. The Morgan fingerprint density at radius 2 is 1.62 bits per heavy atom. The van der Waals surface area contributed by atoms with E-state index in [1.54, 1.807) is 14.2 Å². The summed E-state index contributed by atoms with van der Waals surface area (Å²) >= 11 is 0. The minimum atomic E-state index is -0.247. The van der Waals surface area contributed by atoms with Gasteiger partial charge in [-0.3, -0.25) is 4.79 Å². The van der Waals surface area contributed by atoms with E-state index >= 15 is 0 Å². The molecule has 0 saturated carbocycles. The normalized spacial score (nSPS) is 11.8. The fourth-order valence-corrected chi connectivity index (χ4v) is 3.25. The van der Waals surface area contributed by atoms with Gasteiger partial charge in [0.05, 0.1) is 14.2 Å². The van der Waals surface area contributed by atoms with Crippen LogP contribution in [0.15, 0.2) is 42.5 Å². The summed E-state index contributed by atoms with van der Waals surface area (Å²) in [6.45, 7) is 1.95. The molecule has 0 heterocycles. The molecule has 2 N–H and O–H groups in total. The van der Waals surface area contributed by atoms with Crippen LogP contribution in [0.1, 0.15) is 36.0 Å². The quantitative estimate of drug-likeness (QED) is 0.654. The molecule has 0 fully saturated rings. The summed E-state index contributed by atoms with van der Waals surface area (Å²) in [7, 11) is 3.28. The number of hydrogen-bond donors (Lipinski definition) is 1. The first kappa shape index (κ1) is 19.8. The molecule has 0 spiro atoms. The minimum Gasteiger partial charge on any atom is -0.496 e. The van der Waals surface area contributed by atoms with Gasteiger partial charge in [-0.05, 0) is 55.9 Å². The third-order valence-corrected chi connectivity index (χ3v) is 4.81. The summed E-state index contributed by atoms with van der Waals surface area (Å²) in [4.78, 5) is 11.9. The van der Waals surface area contributed by atoms with Crippen LogP contribution in [0.5, 0.6) is 11.5 Å². The van der Waals surface area contributed by atoms with Gasteiger partial charge in [0.15, 0.2) is 0 Å². The van der Waals surface area contributed by atoms with Crippen LogP contribution in [0.2, 0.25) is 0 Å². The zero-order chi connectivity index (χ0) is 18.9. The number of carbonyl (C=O) groups is 1. The molecular weight excluding hydrogens is 326 g/mol. The van der Waals surface area contributed by atoms with E-state index in [4.69, 9.17) is 15.2 Å². The van der Waals surface area contributed by atoms with E-state index in [2.05, 4.69) is 24.3 Å². The Morgan fingerprint density at radius 1 is 1.00 bits per heavy atom. The number of ether oxygens (including phenoxy) is 2. The van der Waals surface area contributed by atoms with Crippen LogP contribution in [0.3, 0.4) is 0 Å². The number of nitrogens with two attached hydrogens (primary N) is 1. The lowest BCUT2D eigenvalue weighted by Crippen LogP contribution is -2.25. The molecule has 26 heavy (non-hydrogen) atoms. The van der Waals surface area contributed by atoms with Crippen LogP contribution in [-0.4, -0.2) is 20.1 Å². The number of amides is 1. The van der Waals surface area contributed by atoms with Crippen molar-refractivity contribution in [3.63, 3.8) is 0 Å². The van der Waals surface area contributed by atoms with E-state index < -0.39 is 0 Å². The molecule has 0 saturated heterocycles. The van der Waals surface area contributed by atoms with E-state index in [1.165, 1.54) is 5.56 Å². The standard InChI is InChI=1S/C22H29NO3/c1-16-20(25-2)14-18(15-21(16)26-3)13-19(22(23)24)12-8-7-11-17-9-5-4-6-10-17/h4-6,9-10,14-15,19H,7-8,11-13H2,1-3H3,(H2,23,24). The predicted molar refractivity (Wildman–Crippen MR) is 105 cm³/mol. The highest BCUT2D eigenvalue weighted by Gasteiger charge is 2.18. The first-order valence-corrected chi connectivity index (χ1v) is 9.10. The van der Waals surface area contributed by atoms with Crippen LogP contribution < -0.4 is 15.2 Å². The minimum absolute atomic E-state index is 0.178. The monoisotopic (exact) mass is 355 g/mol. The maximum Gasteiger partial charge on any atom is 0.220 e. The number of hydrogen-bond acceptors (Lipinski definition) is 3. The van der Waals surface area contributed by atoms with Crippen molar-refractivity contribution in [3.05, 3.63) is 59.2 Å². The first-order valence-electron chi connectivity index (χ1n) is 9.10. The summed E-state index contributed by atoms with van der Waals surface area (Å²) < 4.78 is 10.8. The van der Waals surface area contributed by atoms with Crippen molar-refractivity contribution in [1.82, 2.24) is 0 Å². The average Bonchev–Trinajstić information content (AvgIpc) is 2.65.